The summed E-state index contributed by atoms with van der Waals surface area (Å²) in [5, 5.41) is 1.04. The predicted molar refractivity (Wildman–Crippen MR) is 70.9 cm³/mol. The smallest absolute Gasteiger partial charge is 0.122 e. The van der Waals surface area contributed by atoms with Crippen LogP contribution in [0, 0.1) is 0 Å². The van der Waals surface area contributed by atoms with E-state index >= 15 is 0 Å². The van der Waals surface area contributed by atoms with Gasteiger partial charge in [-0.3, -0.25) is 0 Å². The van der Waals surface area contributed by atoms with Crippen LogP contribution in [-0.4, -0.2) is 12.5 Å². The Morgan fingerprint density at radius 2 is 2.12 bits per heavy atom. The SMILES string of the molecule is CCC(Cl)CCCc1cc(Cl)ccc1OC. The van der Waals surface area contributed by atoms with Gasteiger partial charge in [-0.1, -0.05) is 18.5 Å². The second-order valence-electron chi connectivity index (χ2n) is 3.85. The summed E-state index contributed by atoms with van der Waals surface area (Å²) in [6.45, 7) is 2.11. The van der Waals surface area contributed by atoms with Crippen molar-refractivity contribution < 1.29 is 4.74 Å². The summed E-state index contributed by atoms with van der Waals surface area (Å²) in [5.74, 6) is 0.909. The molecule has 0 saturated heterocycles. The van der Waals surface area contributed by atoms with Gasteiger partial charge in [0.25, 0.3) is 0 Å². The topological polar surface area (TPSA) is 9.23 Å². The van der Waals surface area contributed by atoms with E-state index in [4.69, 9.17) is 27.9 Å². The first-order chi connectivity index (χ1) is 7.67. The Morgan fingerprint density at radius 1 is 1.38 bits per heavy atom. The fraction of sp³-hybridized carbons (Fsp3) is 0.538. The number of halogens is 2. The van der Waals surface area contributed by atoms with Crippen LogP contribution in [0.2, 0.25) is 5.02 Å². The van der Waals surface area contributed by atoms with Gasteiger partial charge in [-0.25, -0.2) is 0 Å². The lowest BCUT2D eigenvalue weighted by Crippen LogP contribution is -1.98. The summed E-state index contributed by atoms with van der Waals surface area (Å²) >= 11 is 12.0. The number of benzene rings is 1. The Hall–Kier alpha value is -0.400. The quantitative estimate of drug-likeness (QED) is 0.675. The lowest BCUT2D eigenvalue weighted by atomic mass is 10.1. The number of rotatable bonds is 6. The maximum Gasteiger partial charge on any atom is 0.122 e. The number of hydrogen-bond acceptors (Lipinski definition) is 1. The van der Waals surface area contributed by atoms with Crippen molar-refractivity contribution in [3.63, 3.8) is 0 Å². The van der Waals surface area contributed by atoms with Crippen molar-refractivity contribution in [3.05, 3.63) is 28.8 Å². The highest BCUT2D eigenvalue weighted by Crippen LogP contribution is 2.24. The van der Waals surface area contributed by atoms with Crippen molar-refractivity contribution >= 4 is 23.2 Å². The van der Waals surface area contributed by atoms with E-state index in [9.17, 15) is 0 Å². The molecule has 1 atom stereocenters. The van der Waals surface area contributed by atoms with Gasteiger partial charge in [0.05, 0.1) is 7.11 Å². The lowest BCUT2D eigenvalue weighted by Gasteiger charge is -2.10. The maximum absolute atomic E-state index is 6.08. The molecule has 1 aromatic rings. The summed E-state index contributed by atoms with van der Waals surface area (Å²) in [5.41, 5.74) is 1.16. The third-order valence-corrected chi connectivity index (χ3v) is 3.41. The van der Waals surface area contributed by atoms with Crippen molar-refractivity contribution in [3.8, 4) is 5.75 Å². The van der Waals surface area contributed by atoms with Gasteiger partial charge in [-0.2, -0.15) is 0 Å². The van der Waals surface area contributed by atoms with E-state index < -0.39 is 0 Å². The number of hydrogen-bond donors (Lipinski definition) is 0. The molecule has 1 aromatic carbocycles. The molecular weight excluding hydrogens is 243 g/mol. The molecule has 0 saturated carbocycles. The summed E-state index contributed by atoms with van der Waals surface area (Å²) < 4.78 is 5.29. The van der Waals surface area contributed by atoms with Crippen LogP contribution >= 0.6 is 23.2 Å². The molecule has 1 unspecified atom stereocenters. The molecule has 0 radical (unpaired) electrons. The Morgan fingerprint density at radius 3 is 2.75 bits per heavy atom. The van der Waals surface area contributed by atoms with Crippen LogP contribution in [0.15, 0.2) is 18.2 Å². The fourth-order valence-electron chi connectivity index (χ4n) is 1.66. The van der Waals surface area contributed by atoms with E-state index in [0.29, 0.717) is 0 Å². The molecule has 0 fully saturated rings. The first-order valence-corrected chi connectivity index (χ1v) is 6.45. The molecule has 0 amide bonds. The molecule has 1 rings (SSSR count). The average Bonchev–Trinajstić information content (AvgIpc) is 2.29. The second kappa shape index (κ2) is 7.03. The zero-order valence-electron chi connectivity index (χ0n) is 9.80. The molecule has 0 aromatic heterocycles. The lowest BCUT2D eigenvalue weighted by molar-refractivity contribution is 0.409. The van der Waals surface area contributed by atoms with Crippen LogP contribution in [0.25, 0.3) is 0 Å². The highest BCUT2D eigenvalue weighted by Gasteiger charge is 2.06. The van der Waals surface area contributed by atoms with E-state index in [1.165, 1.54) is 0 Å². The van der Waals surface area contributed by atoms with E-state index in [1.807, 2.05) is 18.2 Å². The zero-order valence-corrected chi connectivity index (χ0v) is 11.3. The van der Waals surface area contributed by atoms with Crippen LogP contribution in [-0.2, 0) is 6.42 Å². The average molecular weight is 261 g/mol. The van der Waals surface area contributed by atoms with Crippen molar-refractivity contribution in [2.24, 2.45) is 0 Å². The third-order valence-electron chi connectivity index (χ3n) is 2.65. The zero-order chi connectivity index (χ0) is 12.0. The van der Waals surface area contributed by atoms with Gasteiger partial charge in [-0.15, -0.1) is 11.6 Å². The Labute approximate surface area is 108 Å². The molecule has 1 nitrogen and oxygen atoms in total. The van der Waals surface area contributed by atoms with Gasteiger partial charge in [0.2, 0.25) is 0 Å². The van der Waals surface area contributed by atoms with Gasteiger partial charge in [0.1, 0.15) is 5.75 Å². The Balaban J connectivity index is 2.55. The highest BCUT2D eigenvalue weighted by atomic mass is 35.5. The molecule has 0 N–H and O–H groups in total. The molecule has 0 heterocycles. The van der Waals surface area contributed by atoms with Gasteiger partial charge in [0, 0.05) is 10.4 Å². The minimum atomic E-state index is 0.283. The summed E-state index contributed by atoms with van der Waals surface area (Å²) in [6, 6.07) is 5.73. The number of methoxy groups -OCH3 is 1. The van der Waals surface area contributed by atoms with Crippen LogP contribution < -0.4 is 4.74 Å². The Kier molecular flexibility index (Phi) is 6.00. The molecule has 0 aliphatic heterocycles. The van der Waals surface area contributed by atoms with Crippen LogP contribution in [0.4, 0.5) is 0 Å². The first-order valence-electron chi connectivity index (χ1n) is 5.63. The predicted octanol–water partition coefficient (Wildman–Crippen LogP) is 4.69. The van der Waals surface area contributed by atoms with E-state index in [1.54, 1.807) is 7.11 Å². The summed E-state index contributed by atoms with van der Waals surface area (Å²) in [6.07, 6.45) is 4.09. The van der Waals surface area contributed by atoms with E-state index in [0.717, 1.165) is 42.0 Å². The van der Waals surface area contributed by atoms with Crippen molar-refractivity contribution in [1.29, 1.82) is 0 Å². The highest BCUT2D eigenvalue weighted by molar-refractivity contribution is 6.30. The van der Waals surface area contributed by atoms with E-state index in [2.05, 4.69) is 6.92 Å². The van der Waals surface area contributed by atoms with Crippen LogP contribution in [0.5, 0.6) is 5.75 Å². The maximum atomic E-state index is 6.08. The fourth-order valence-corrected chi connectivity index (χ4v) is 2.01. The molecule has 0 bridgehead atoms. The third kappa shape index (κ3) is 4.23. The van der Waals surface area contributed by atoms with Gasteiger partial charge < -0.3 is 4.74 Å². The number of ether oxygens (including phenoxy) is 1. The monoisotopic (exact) mass is 260 g/mol. The number of aryl methyl sites for hydroxylation is 1. The standard InChI is InChI=1S/C13H18Cl2O/c1-3-11(14)6-4-5-10-9-12(15)7-8-13(10)16-2/h7-9,11H,3-6H2,1-2H3. The largest absolute Gasteiger partial charge is 0.496 e. The molecule has 0 aliphatic rings. The molecule has 0 spiro atoms. The van der Waals surface area contributed by atoms with Crippen LogP contribution in [0.3, 0.4) is 0 Å². The molecular formula is C13H18Cl2O. The van der Waals surface area contributed by atoms with Gasteiger partial charge in [0.15, 0.2) is 0 Å². The molecule has 3 heteroatoms. The molecule has 0 aliphatic carbocycles. The summed E-state index contributed by atoms with van der Waals surface area (Å²) in [7, 11) is 1.68. The number of alkyl halides is 1. The normalized spacial score (nSPS) is 12.5. The van der Waals surface area contributed by atoms with Crippen molar-refractivity contribution in [2.45, 2.75) is 38.0 Å². The van der Waals surface area contributed by atoms with Crippen molar-refractivity contribution in [1.82, 2.24) is 0 Å². The second-order valence-corrected chi connectivity index (χ2v) is 4.91. The van der Waals surface area contributed by atoms with Crippen LogP contribution in [0.1, 0.15) is 31.7 Å². The Bertz CT molecular complexity index is 326. The van der Waals surface area contributed by atoms with Gasteiger partial charge in [-0.05, 0) is 49.4 Å². The molecule has 90 valence electrons. The van der Waals surface area contributed by atoms with Gasteiger partial charge >= 0.3 is 0 Å². The first kappa shape index (κ1) is 13.7. The summed E-state index contributed by atoms with van der Waals surface area (Å²) in [4.78, 5) is 0. The minimum absolute atomic E-state index is 0.283. The van der Waals surface area contributed by atoms with Crippen molar-refractivity contribution in [2.75, 3.05) is 7.11 Å². The molecule has 16 heavy (non-hydrogen) atoms. The minimum Gasteiger partial charge on any atom is -0.496 e. The van der Waals surface area contributed by atoms with E-state index in [-0.39, 0.29) is 5.38 Å².